The highest BCUT2D eigenvalue weighted by atomic mass is 16.6. The first-order chi connectivity index (χ1) is 11.6. The Morgan fingerprint density at radius 2 is 2.17 bits per heavy atom. The molecule has 2 aromatic rings. The van der Waals surface area contributed by atoms with Gasteiger partial charge in [0.1, 0.15) is 0 Å². The lowest BCUT2D eigenvalue weighted by atomic mass is 10.2. The number of carbonyl (C=O) groups excluding carboxylic acids is 1. The van der Waals surface area contributed by atoms with E-state index in [2.05, 4.69) is 15.4 Å². The van der Waals surface area contributed by atoms with Crippen LogP contribution in [0.4, 0.5) is 5.69 Å². The molecule has 24 heavy (non-hydrogen) atoms. The third-order valence-electron chi connectivity index (χ3n) is 3.92. The number of ether oxygens (including phenoxy) is 1. The van der Waals surface area contributed by atoms with E-state index >= 15 is 0 Å². The van der Waals surface area contributed by atoms with Crippen LogP contribution in [0, 0.1) is 10.1 Å². The van der Waals surface area contributed by atoms with E-state index in [9.17, 15) is 14.9 Å². The molecule has 1 aliphatic rings. The Balaban J connectivity index is 1.55. The fourth-order valence-electron chi connectivity index (χ4n) is 2.62. The van der Waals surface area contributed by atoms with Crippen molar-refractivity contribution in [2.24, 2.45) is 0 Å². The van der Waals surface area contributed by atoms with Crippen LogP contribution in [-0.4, -0.2) is 60.3 Å². The van der Waals surface area contributed by atoms with E-state index in [0.717, 1.165) is 39.3 Å². The van der Waals surface area contributed by atoms with Crippen LogP contribution in [0.3, 0.4) is 0 Å². The second-order valence-electron chi connectivity index (χ2n) is 5.53. The zero-order valence-corrected chi connectivity index (χ0v) is 13.1. The van der Waals surface area contributed by atoms with Crippen LogP contribution in [0.15, 0.2) is 22.7 Å². The predicted octanol–water partition coefficient (Wildman–Crippen LogP) is 1.19. The summed E-state index contributed by atoms with van der Waals surface area (Å²) in [5.74, 6) is -0.343. The Kier molecular flexibility index (Phi) is 5.02. The lowest BCUT2D eigenvalue weighted by Gasteiger charge is -2.26. The van der Waals surface area contributed by atoms with Gasteiger partial charge in [0, 0.05) is 25.7 Å². The fraction of sp³-hybridized carbons (Fsp3) is 0.467. The van der Waals surface area contributed by atoms with Crippen LogP contribution in [-0.2, 0) is 4.74 Å². The van der Waals surface area contributed by atoms with E-state index < -0.39 is 4.92 Å². The molecule has 0 spiro atoms. The lowest BCUT2D eigenvalue weighted by molar-refractivity contribution is -0.384. The second kappa shape index (κ2) is 7.37. The summed E-state index contributed by atoms with van der Waals surface area (Å²) in [5.41, 5.74) is 0.269. The van der Waals surface area contributed by atoms with Gasteiger partial charge in [0.2, 0.25) is 0 Å². The summed E-state index contributed by atoms with van der Waals surface area (Å²) in [6, 6.07) is 4.07. The fourth-order valence-corrected chi connectivity index (χ4v) is 2.62. The standard InChI is InChI=1S/C15H18N4O5/c20-15(16-4-1-5-18-6-8-23-9-7-18)14-12-3-2-11(19(21)22)10-13(12)24-17-14/h2-3,10H,1,4-9H2,(H,16,20). The average molecular weight is 334 g/mol. The van der Waals surface area contributed by atoms with Crippen molar-refractivity contribution in [1.29, 1.82) is 0 Å². The van der Waals surface area contributed by atoms with Gasteiger partial charge in [0.15, 0.2) is 11.3 Å². The minimum Gasteiger partial charge on any atom is -0.379 e. The van der Waals surface area contributed by atoms with Crippen molar-refractivity contribution in [2.45, 2.75) is 6.42 Å². The number of non-ortho nitro benzene ring substituents is 1. The van der Waals surface area contributed by atoms with Gasteiger partial charge >= 0.3 is 0 Å². The van der Waals surface area contributed by atoms with Crippen molar-refractivity contribution in [3.63, 3.8) is 0 Å². The Labute approximate surface area is 137 Å². The Morgan fingerprint density at radius 1 is 1.38 bits per heavy atom. The maximum Gasteiger partial charge on any atom is 0.274 e. The van der Waals surface area contributed by atoms with Crippen LogP contribution in [0.5, 0.6) is 0 Å². The number of hydrogen-bond donors (Lipinski definition) is 1. The van der Waals surface area contributed by atoms with Gasteiger partial charge in [-0.2, -0.15) is 0 Å². The summed E-state index contributed by atoms with van der Waals surface area (Å²) < 4.78 is 10.3. The summed E-state index contributed by atoms with van der Waals surface area (Å²) in [6.07, 6.45) is 0.826. The van der Waals surface area contributed by atoms with E-state index in [-0.39, 0.29) is 22.9 Å². The molecule has 1 aromatic heterocycles. The highest BCUT2D eigenvalue weighted by Crippen LogP contribution is 2.23. The SMILES string of the molecule is O=C(NCCCN1CCOCC1)c1noc2cc([N+](=O)[O-])ccc12. The molecule has 1 fully saturated rings. The number of nitro groups is 1. The van der Waals surface area contributed by atoms with Gasteiger partial charge in [-0.25, -0.2) is 0 Å². The van der Waals surface area contributed by atoms with E-state index in [4.69, 9.17) is 9.26 Å². The third-order valence-corrected chi connectivity index (χ3v) is 3.92. The molecule has 1 N–H and O–H groups in total. The Bertz CT molecular complexity index is 739. The van der Waals surface area contributed by atoms with Gasteiger partial charge in [0.25, 0.3) is 11.6 Å². The molecule has 0 aliphatic carbocycles. The molecule has 0 atom stereocenters. The third kappa shape index (κ3) is 3.69. The first-order valence-corrected chi connectivity index (χ1v) is 7.77. The largest absolute Gasteiger partial charge is 0.379 e. The predicted molar refractivity (Wildman–Crippen MR) is 84.9 cm³/mol. The van der Waals surface area contributed by atoms with Crippen LogP contribution >= 0.6 is 0 Å². The molecule has 0 radical (unpaired) electrons. The van der Waals surface area contributed by atoms with Crippen molar-refractivity contribution in [1.82, 2.24) is 15.4 Å². The molecule has 1 aromatic carbocycles. The highest BCUT2D eigenvalue weighted by molar-refractivity contribution is 6.04. The van der Waals surface area contributed by atoms with Crippen LogP contribution in [0.2, 0.25) is 0 Å². The molecule has 0 unspecified atom stereocenters. The van der Waals surface area contributed by atoms with Crippen molar-refractivity contribution in [3.8, 4) is 0 Å². The monoisotopic (exact) mass is 334 g/mol. The molecule has 1 saturated heterocycles. The van der Waals surface area contributed by atoms with Crippen molar-refractivity contribution in [3.05, 3.63) is 34.0 Å². The summed E-state index contributed by atoms with van der Waals surface area (Å²) >= 11 is 0. The number of morpholine rings is 1. The van der Waals surface area contributed by atoms with Crippen LogP contribution < -0.4 is 5.32 Å². The van der Waals surface area contributed by atoms with E-state index in [0.29, 0.717) is 11.9 Å². The molecule has 0 bridgehead atoms. The van der Waals surface area contributed by atoms with Gasteiger partial charge in [-0.15, -0.1) is 0 Å². The summed E-state index contributed by atoms with van der Waals surface area (Å²) in [6.45, 7) is 4.76. The molecule has 128 valence electrons. The molecule has 3 rings (SSSR count). The number of nitro benzene ring substituents is 1. The lowest BCUT2D eigenvalue weighted by Crippen LogP contribution is -2.38. The second-order valence-corrected chi connectivity index (χ2v) is 5.53. The molecular weight excluding hydrogens is 316 g/mol. The van der Waals surface area contributed by atoms with Crippen molar-refractivity contribution >= 4 is 22.6 Å². The summed E-state index contributed by atoms with van der Waals surface area (Å²) in [4.78, 5) is 24.7. The minimum atomic E-state index is -0.520. The normalized spacial score (nSPS) is 15.5. The number of rotatable bonds is 6. The first-order valence-electron chi connectivity index (χ1n) is 7.77. The van der Waals surface area contributed by atoms with Gasteiger partial charge in [-0.05, 0) is 19.0 Å². The number of aromatic nitrogens is 1. The quantitative estimate of drug-likeness (QED) is 0.480. The van der Waals surface area contributed by atoms with Crippen LogP contribution in [0.25, 0.3) is 11.0 Å². The van der Waals surface area contributed by atoms with Gasteiger partial charge < -0.3 is 14.6 Å². The number of nitrogens with zero attached hydrogens (tertiary/aromatic N) is 3. The van der Waals surface area contributed by atoms with Crippen molar-refractivity contribution < 1.29 is 19.0 Å². The summed E-state index contributed by atoms with van der Waals surface area (Å²) in [5, 5.41) is 17.7. The highest BCUT2D eigenvalue weighted by Gasteiger charge is 2.18. The van der Waals surface area contributed by atoms with Gasteiger partial charge in [-0.1, -0.05) is 5.16 Å². The molecule has 0 saturated carbocycles. The molecule has 1 amide bonds. The average Bonchev–Trinajstić information content (AvgIpc) is 3.02. The Hall–Kier alpha value is -2.52. The van der Waals surface area contributed by atoms with Crippen molar-refractivity contribution in [2.75, 3.05) is 39.4 Å². The van der Waals surface area contributed by atoms with E-state index in [1.807, 2.05) is 0 Å². The van der Waals surface area contributed by atoms with Gasteiger partial charge in [-0.3, -0.25) is 19.8 Å². The van der Waals surface area contributed by atoms with E-state index in [1.54, 1.807) is 0 Å². The first kappa shape index (κ1) is 16.3. The smallest absolute Gasteiger partial charge is 0.274 e. The number of nitrogens with one attached hydrogen (secondary N) is 1. The topological polar surface area (TPSA) is 111 Å². The zero-order valence-electron chi connectivity index (χ0n) is 13.1. The zero-order chi connectivity index (χ0) is 16.9. The Morgan fingerprint density at radius 3 is 2.92 bits per heavy atom. The molecular formula is C15H18N4O5. The molecule has 1 aliphatic heterocycles. The molecule has 2 heterocycles. The number of carbonyl (C=O) groups is 1. The van der Waals surface area contributed by atoms with Crippen LogP contribution in [0.1, 0.15) is 16.9 Å². The molecule has 9 heteroatoms. The van der Waals surface area contributed by atoms with E-state index in [1.165, 1.54) is 18.2 Å². The number of amides is 1. The maximum atomic E-state index is 12.2. The van der Waals surface area contributed by atoms with Gasteiger partial charge in [0.05, 0.1) is 29.6 Å². The minimum absolute atomic E-state index is 0.101. The number of hydrogen-bond acceptors (Lipinski definition) is 7. The summed E-state index contributed by atoms with van der Waals surface area (Å²) in [7, 11) is 0. The molecule has 9 nitrogen and oxygen atoms in total. The number of benzene rings is 1. The number of fused-ring (bicyclic) bond motifs is 1. The maximum absolute atomic E-state index is 12.2.